The van der Waals surface area contributed by atoms with Gasteiger partial charge in [0.25, 0.3) is 5.91 Å². The summed E-state index contributed by atoms with van der Waals surface area (Å²) in [6, 6.07) is 8.55. The fourth-order valence-electron chi connectivity index (χ4n) is 1.67. The van der Waals surface area contributed by atoms with Crippen molar-refractivity contribution < 1.29 is 9.53 Å². The zero-order valence-corrected chi connectivity index (χ0v) is 14.6. The number of amides is 1. The predicted molar refractivity (Wildman–Crippen MR) is 91.7 cm³/mol. The number of nitrogens with one attached hydrogen (secondary N) is 1. The average molecular weight is 384 g/mol. The van der Waals surface area contributed by atoms with Gasteiger partial charge in [0, 0.05) is 5.56 Å². The maximum Gasteiger partial charge on any atom is 0.255 e. The van der Waals surface area contributed by atoms with Gasteiger partial charge in [0.1, 0.15) is 10.9 Å². The lowest BCUT2D eigenvalue weighted by Crippen LogP contribution is -2.12. The van der Waals surface area contributed by atoms with Crippen LogP contribution in [0, 0.1) is 5.92 Å². The number of ether oxygens (including phenoxy) is 1. The first-order valence-corrected chi connectivity index (χ1v) is 7.98. The highest BCUT2D eigenvalue weighted by Crippen LogP contribution is 2.27. The van der Waals surface area contributed by atoms with Gasteiger partial charge < -0.3 is 10.1 Å². The molecular weight excluding hydrogens is 368 g/mol. The van der Waals surface area contributed by atoms with Crippen LogP contribution in [0.1, 0.15) is 24.2 Å². The topological polar surface area (TPSA) is 51.2 Å². The Hall–Kier alpha value is -1.59. The third-order valence-electron chi connectivity index (χ3n) is 2.75. The quantitative estimate of drug-likeness (QED) is 0.756. The second kappa shape index (κ2) is 7.61. The van der Waals surface area contributed by atoms with Crippen molar-refractivity contribution in [1.29, 1.82) is 0 Å². The van der Waals surface area contributed by atoms with Crippen LogP contribution in [0.5, 0.6) is 5.75 Å². The van der Waals surface area contributed by atoms with Crippen molar-refractivity contribution in [3.63, 3.8) is 0 Å². The first-order valence-electron chi connectivity index (χ1n) is 6.81. The minimum absolute atomic E-state index is 0.222. The number of anilines is 1. The van der Waals surface area contributed by atoms with Gasteiger partial charge in [-0.1, -0.05) is 25.4 Å². The standard InChI is InChI=1S/C16H16BrClN2O2/c1-10(2)9-22-14-5-3-11(7-13(14)17)16(21)20-12-4-6-15(18)19-8-12/h3-8,10H,9H2,1-2H3,(H,20,21). The Labute approximate surface area is 143 Å². The van der Waals surface area contributed by atoms with Crippen LogP contribution in [-0.4, -0.2) is 17.5 Å². The summed E-state index contributed by atoms with van der Waals surface area (Å²) >= 11 is 9.14. The molecule has 2 aromatic rings. The number of halogens is 2. The molecule has 0 aliphatic heterocycles. The smallest absolute Gasteiger partial charge is 0.255 e. The number of pyridine rings is 1. The molecule has 1 heterocycles. The third kappa shape index (κ3) is 4.71. The molecule has 4 nitrogen and oxygen atoms in total. The molecule has 116 valence electrons. The van der Waals surface area contributed by atoms with E-state index >= 15 is 0 Å². The maximum absolute atomic E-state index is 12.2. The van der Waals surface area contributed by atoms with Gasteiger partial charge in [0.05, 0.1) is 23.0 Å². The average Bonchev–Trinajstić information content (AvgIpc) is 2.48. The Balaban J connectivity index is 2.07. The Morgan fingerprint density at radius 2 is 2.14 bits per heavy atom. The number of rotatable bonds is 5. The summed E-state index contributed by atoms with van der Waals surface area (Å²) in [5.74, 6) is 0.936. The summed E-state index contributed by atoms with van der Waals surface area (Å²) < 4.78 is 6.41. The highest BCUT2D eigenvalue weighted by atomic mass is 79.9. The molecule has 0 bridgehead atoms. The second-order valence-electron chi connectivity index (χ2n) is 5.17. The van der Waals surface area contributed by atoms with Crippen LogP contribution >= 0.6 is 27.5 Å². The number of carbonyl (C=O) groups excluding carboxylic acids is 1. The Morgan fingerprint density at radius 3 is 2.73 bits per heavy atom. The molecule has 0 saturated heterocycles. The summed E-state index contributed by atoms with van der Waals surface area (Å²) in [7, 11) is 0. The molecule has 0 radical (unpaired) electrons. The second-order valence-corrected chi connectivity index (χ2v) is 6.42. The molecule has 22 heavy (non-hydrogen) atoms. The summed E-state index contributed by atoms with van der Waals surface area (Å²) in [4.78, 5) is 16.1. The number of aromatic nitrogens is 1. The van der Waals surface area contributed by atoms with Gasteiger partial charge in [-0.3, -0.25) is 4.79 Å². The molecule has 1 N–H and O–H groups in total. The van der Waals surface area contributed by atoms with Crippen molar-refractivity contribution in [1.82, 2.24) is 4.98 Å². The first kappa shape index (κ1) is 16.8. The molecular formula is C16H16BrClN2O2. The summed E-state index contributed by atoms with van der Waals surface area (Å²) in [5.41, 5.74) is 1.12. The van der Waals surface area contributed by atoms with Crippen LogP contribution in [-0.2, 0) is 0 Å². The monoisotopic (exact) mass is 382 g/mol. The molecule has 2 rings (SSSR count). The van der Waals surface area contributed by atoms with E-state index in [1.165, 1.54) is 6.20 Å². The molecule has 0 fully saturated rings. The van der Waals surface area contributed by atoms with Gasteiger partial charge in [0.2, 0.25) is 0 Å². The number of hydrogen-bond acceptors (Lipinski definition) is 3. The third-order valence-corrected chi connectivity index (χ3v) is 3.59. The summed E-state index contributed by atoms with van der Waals surface area (Å²) in [5, 5.41) is 3.14. The van der Waals surface area contributed by atoms with Crippen molar-refractivity contribution in [2.75, 3.05) is 11.9 Å². The molecule has 0 spiro atoms. The predicted octanol–water partition coefficient (Wildman–Crippen LogP) is 4.78. The Kier molecular flexibility index (Phi) is 5.80. The van der Waals surface area contributed by atoms with Gasteiger partial charge in [-0.15, -0.1) is 0 Å². The van der Waals surface area contributed by atoms with E-state index in [1.807, 2.05) is 0 Å². The van der Waals surface area contributed by atoms with E-state index < -0.39 is 0 Å². The van der Waals surface area contributed by atoms with Crippen LogP contribution in [0.15, 0.2) is 41.0 Å². The molecule has 0 aliphatic rings. The Morgan fingerprint density at radius 1 is 1.36 bits per heavy atom. The van der Waals surface area contributed by atoms with E-state index in [0.29, 0.717) is 28.9 Å². The van der Waals surface area contributed by atoms with E-state index in [-0.39, 0.29) is 5.91 Å². The number of carbonyl (C=O) groups is 1. The molecule has 0 saturated carbocycles. The normalized spacial score (nSPS) is 10.6. The van der Waals surface area contributed by atoms with Crippen molar-refractivity contribution in [2.45, 2.75) is 13.8 Å². The fraction of sp³-hybridized carbons (Fsp3) is 0.250. The van der Waals surface area contributed by atoms with E-state index in [2.05, 4.69) is 40.1 Å². The molecule has 0 aliphatic carbocycles. The zero-order valence-electron chi connectivity index (χ0n) is 12.3. The minimum Gasteiger partial charge on any atom is -0.492 e. The summed E-state index contributed by atoms with van der Waals surface area (Å²) in [6.07, 6.45) is 1.51. The van der Waals surface area contributed by atoms with Crippen LogP contribution in [0.2, 0.25) is 5.15 Å². The van der Waals surface area contributed by atoms with Crippen molar-refractivity contribution in [2.24, 2.45) is 5.92 Å². The Bertz CT molecular complexity index is 660. The lowest BCUT2D eigenvalue weighted by atomic mass is 10.2. The number of benzene rings is 1. The van der Waals surface area contributed by atoms with Crippen molar-refractivity contribution in [3.8, 4) is 5.75 Å². The molecule has 0 atom stereocenters. The fourth-order valence-corrected chi connectivity index (χ4v) is 2.27. The lowest BCUT2D eigenvalue weighted by Gasteiger charge is -2.11. The van der Waals surface area contributed by atoms with Crippen LogP contribution in [0.25, 0.3) is 0 Å². The van der Waals surface area contributed by atoms with Crippen LogP contribution < -0.4 is 10.1 Å². The molecule has 1 amide bonds. The SMILES string of the molecule is CC(C)COc1ccc(C(=O)Nc2ccc(Cl)nc2)cc1Br. The van der Waals surface area contributed by atoms with Gasteiger partial charge in [-0.2, -0.15) is 0 Å². The summed E-state index contributed by atoms with van der Waals surface area (Å²) in [6.45, 7) is 4.78. The van der Waals surface area contributed by atoms with E-state index in [1.54, 1.807) is 30.3 Å². The molecule has 0 unspecified atom stereocenters. The van der Waals surface area contributed by atoms with E-state index in [9.17, 15) is 4.79 Å². The zero-order chi connectivity index (χ0) is 16.1. The van der Waals surface area contributed by atoms with Gasteiger partial charge in [-0.05, 0) is 52.2 Å². The van der Waals surface area contributed by atoms with Gasteiger partial charge >= 0.3 is 0 Å². The number of nitrogens with zero attached hydrogens (tertiary/aromatic N) is 1. The first-order chi connectivity index (χ1) is 10.5. The van der Waals surface area contributed by atoms with Crippen LogP contribution in [0.4, 0.5) is 5.69 Å². The molecule has 1 aromatic carbocycles. The largest absolute Gasteiger partial charge is 0.492 e. The van der Waals surface area contributed by atoms with Gasteiger partial charge in [0.15, 0.2) is 0 Å². The van der Waals surface area contributed by atoms with Crippen molar-refractivity contribution in [3.05, 3.63) is 51.7 Å². The highest BCUT2D eigenvalue weighted by molar-refractivity contribution is 9.10. The number of hydrogen-bond donors (Lipinski definition) is 1. The lowest BCUT2D eigenvalue weighted by molar-refractivity contribution is 0.102. The highest BCUT2D eigenvalue weighted by Gasteiger charge is 2.10. The van der Waals surface area contributed by atoms with Gasteiger partial charge in [-0.25, -0.2) is 4.98 Å². The molecule has 6 heteroatoms. The maximum atomic E-state index is 12.2. The van der Waals surface area contributed by atoms with Crippen molar-refractivity contribution >= 4 is 39.1 Å². The van der Waals surface area contributed by atoms with E-state index in [0.717, 1.165) is 10.2 Å². The minimum atomic E-state index is -0.222. The van der Waals surface area contributed by atoms with E-state index in [4.69, 9.17) is 16.3 Å². The van der Waals surface area contributed by atoms with Crippen LogP contribution in [0.3, 0.4) is 0 Å². The molecule has 1 aromatic heterocycles.